The Morgan fingerprint density at radius 3 is 2.76 bits per heavy atom. The van der Waals surface area contributed by atoms with Gasteiger partial charge in [0.05, 0.1) is 5.69 Å². The summed E-state index contributed by atoms with van der Waals surface area (Å²) in [5, 5.41) is 5.61. The van der Waals surface area contributed by atoms with Gasteiger partial charge in [-0.05, 0) is 30.7 Å². The van der Waals surface area contributed by atoms with E-state index in [4.69, 9.17) is 0 Å². The summed E-state index contributed by atoms with van der Waals surface area (Å²) in [5.74, 6) is 0.138. The molecule has 8 heteroatoms. The fourth-order valence-corrected chi connectivity index (χ4v) is 2.80. The highest BCUT2D eigenvalue weighted by Crippen LogP contribution is 2.31. The zero-order chi connectivity index (χ0) is 17.6. The molecule has 132 valence electrons. The number of aromatic nitrogens is 1. The summed E-state index contributed by atoms with van der Waals surface area (Å²) in [6.45, 7) is -1.71. The van der Waals surface area contributed by atoms with Crippen LogP contribution in [0.5, 0.6) is 5.75 Å². The minimum Gasteiger partial charge on any atom is -0.433 e. The van der Waals surface area contributed by atoms with E-state index >= 15 is 0 Å². The predicted octanol–water partition coefficient (Wildman–Crippen LogP) is 3.08. The molecule has 1 aromatic carbocycles. The molecule has 1 aliphatic rings. The maximum atomic E-state index is 12.5. The van der Waals surface area contributed by atoms with Crippen LogP contribution in [0, 0.1) is 0 Å². The third-order valence-corrected chi connectivity index (χ3v) is 3.88. The van der Waals surface area contributed by atoms with Crippen LogP contribution in [0.4, 0.5) is 25.0 Å². The summed E-state index contributed by atoms with van der Waals surface area (Å²) in [6, 6.07) is 9.66. The van der Waals surface area contributed by atoms with Crippen molar-refractivity contribution in [2.45, 2.75) is 19.1 Å². The number of para-hydroxylation sites is 2. The van der Waals surface area contributed by atoms with Crippen LogP contribution in [-0.2, 0) is 0 Å². The summed E-state index contributed by atoms with van der Waals surface area (Å²) < 4.78 is 29.6. The first-order valence-electron chi connectivity index (χ1n) is 7.88. The molecule has 0 bridgehead atoms. The van der Waals surface area contributed by atoms with Crippen molar-refractivity contribution in [1.82, 2.24) is 10.3 Å². The van der Waals surface area contributed by atoms with Gasteiger partial charge in [0.2, 0.25) is 0 Å². The van der Waals surface area contributed by atoms with Gasteiger partial charge in [0.25, 0.3) is 0 Å². The van der Waals surface area contributed by atoms with Crippen molar-refractivity contribution in [2.75, 3.05) is 23.3 Å². The van der Waals surface area contributed by atoms with Crippen LogP contribution >= 0.6 is 0 Å². The molecule has 2 N–H and O–H groups in total. The van der Waals surface area contributed by atoms with E-state index in [9.17, 15) is 13.6 Å². The average Bonchev–Trinajstić information content (AvgIpc) is 3.04. The Hall–Kier alpha value is -2.90. The van der Waals surface area contributed by atoms with Crippen LogP contribution in [0.1, 0.15) is 6.42 Å². The van der Waals surface area contributed by atoms with Crippen molar-refractivity contribution in [3.05, 3.63) is 48.8 Å². The number of pyridine rings is 1. The third kappa shape index (κ3) is 4.56. The molecule has 0 aliphatic carbocycles. The highest BCUT2D eigenvalue weighted by atomic mass is 19.3. The first-order chi connectivity index (χ1) is 12.1. The maximum absolute atomic E-state index is 12.5. The lowest BCUT2D eigenvalue weighted by Crippen LogP contribution is -2.39. The fraction of sp³-hybridized carbons (Fsp3) is 0.294. The normalized spacial score (nSPS) is 16.8. The van der Waals surface area contributed by atoms with Gasteiger partial charge in [-0.15, -0.1) is 0 Å². The highest BCUT2D eigenvalue weighted by molar-refractivity contribution is 5.89. The number of carbonyl (C=O) groups is 1. The first-order valence-corrected chi connectivity index (χ1v) is 7.88. The van der Waals surface area contributed by atoms with Crippen LogP contribution in [-0.4, -0.2) is 36.8 Å². The van der Waals surface area contributed by atoms with E-state index in [1.807, 2.05) is 4.90 Å². The lowest BCUT2D eigenvalue weighted by molar-refractivity contribution is -0.0495. The zero-order valence-corrected chi connectivity index (χ0v) is 13.4. The second kappa shape index (κ2) is 7.78. The lowest BCUT2D eigenvalue weighted by atomic mass is 10.2. The molecule has 2 amide bonds. The average molecular weight is 348 g/mol. The van der Waals surface area contributed by atoms with E-state index in [1.54, 1.807) is 42.7 Å². The van der Waals surface area contributed by atoms with Gasteiger partial charge in [-0.3, -0.25) is 4.98 Å². The van der Waals surface area contributed by atoms with E-state index < -0.39 is 6.61 Å². The summed E-state index contributed by atoms with van der Waals surface area (Å²) in [4.78, 5) is 17.8. The van der Waals surface area contributed by atoms with Gasteiger partial charge in [-0.2, -0.15) is 8.78 Å². The Morgan fingerprint density at radius 1 is 1.24 bits per heavy atom. The monoisotopic (exact) mass is 348 g/mol. The predicted molar refractivity (Wildman–Crippen MR) is 90.1 cm³/mol. The van der Waals surface area contributed by atoms with Gasteiger partial charge in [0.15, 0.2) is 0 Å². The number of rotatable bonds is 5. The van der Waals surface area contributed by atoms with Crippen LogP contribution in [0.2, 0.25) is 0 Å². The molecule has 6 nitrogen and oxygen atoms in total. The number of nitrogens with one attached hydrogen (secondary N) is 2. The Morgan fingerprint density at radius 2 is 2.00 bits per heavy atom. The van der Waals surface area contributed by atoms with Crippen LogP contribution in [0.25, 0.3) is 0 Å². The minimum atomic E-state index is -2.87. The molecular weight excluding hydrogens is 330 g/mol. The second-order valence-corrected chi connectivity index (χ2v) is 5.61. The topological polar surface area (TPSA) is 66.5 Å². The SMILES string of the molecule is O=C(Nc1ccncc1)N[C@H]1CCN(c2ccccc2OC(F)F)C1. The van der Waals surface area contributed by atoms with Crippen molar-refractivity contribution in [3.63, 3.8) is 0 Å². The van der Waals surface area contributed by atoms with Crippen molar-refractivity contribution < 1.29 is 18.3 Å². The number of benzene rings is 1. The molecule has 0 unspecified atom stereocenters. The van der Waals surface area contributed by atoms with Gasteiger partial charge in [-0.1, -0.05) is 12.1 Å². The van der Waals surface area contributed by atoms with Gasteiger partial charge < -0.3 is 20.3 Å². The molecule has 1 fully saturated rings. The number of nitrogens with zero attached hydrogens (tertiary/aromatic N) is 2. The summed E-state index contributed by atoms with van der Waals surface area (Å²) in [5.41, 5.74) is 1.25. The maximum Gasteiger partial charge on any atom is 0.387 e. The van der Waals surface area contributed by atoms with Crippen LogP contribution in [0.3, 0.4) is 0 Å². The second-order valence-electron chi connectivity index (χ2n) is 5.61. The van der Waals surface area contributed by atoms with E-state index in [2.05, 4.69) is 20.4 Å². The number of anilines is 2. The van der Waals surface area contributed by atoms with Crippen molar-refractivity contribution in [3.8, 4) is 5.75 Å². The standard InChI is InChI=1S/C17H18F2N4O2/c18-16(19)25-15-4-2-1-3-14(15)23-10-7-13(11-23)22-17(24)21-12-5-8-20-9-6-12/h1-6,8-9,13,16H,7,10-11H2,(H2,20,21,22,24)/t13-/m0/s1. The minimum absolute atomic E-state index is 0.0820. The van der Waals surface area contributed by atoms with Crippen LogP contribution < -0.4 is 20.3 Å². The molecule has 3 rings (SSSR count). The Balaban J connectivity index is 1.58. The molecule has 25 heavy (non-hydrogen) atoms. The number of amides is 2. The molecule has 1 aliphatic heterocycles. The number of hydrogen-bond donors (Lipinski definition) is 2. The smallest absolute Gasteiger partial charge is 0.387 e. The quantitative estimate of drug-likeness (QED) is 0.871. The Kier molecular flexibility index (Phi) is 5.27. The van der Waals surface area contributed by atoms with E-state index in [1.165, 1.54) is 6.07 Å². The molecule has 0 saturated carbocycles. The number of alkyl halides is 2. The van der Waals surface area contributed by atoms with Crippen molar-refractivity contribution in [1.29, 1.82) is 0 Å². The molecule has 0 spiro atoms. The summed E-state index contributed by atoms with van der Waals surface area (Å²) >= 11 is 0. The fourth-order valence-electron chi connectivity index (χ4n) is 2.80. The van der Waals surface area contributed by atoms with E-state index in [0.717, 1.165) is 0 Å². The van der Waals surface area contributed by atoms with Gasteiger partial charge in [0.1, 0.15) is 5.75 Å². The zero-order valence-electron chi connectivity index (χ0n) is 13.4. The third-order valence-electron chi connectivity index (χ3n) is 3.88. The number of ether oxygens (including phenoxy) is 1. The molecule has 1 atom stereocenters. The van der Waals surface area contributed by atoms with E-state index in [-0.39, 0.29) is 17.8 Å². The van der Waals surface area contributed by atoms with Gasteiger partial charge in [0, 0.05) is 37.2 Å². The largest absolute Gasteiger partial charge is 0.433 e. The van der Waals surface area contributed by atoms with Crippen molar-refractivity contribution >= 4 is 17.4 Å². The van der Waals surface area contributed by atoms with Gasteiger partial charge >= 0.3 is 12.6 Å². The number of carbonyl (C=O) groups excluding carboxylic acids is 1. The first kappa shape index (κ1) is 16.9. The Bertz CT molecular complexity index is 715. The number of hydrogen-bond acceptors (Lipinski definition) is 4. The molecular formula is C17H18F2N4O2. The van der Waals surface area contributed by atoms with E-state index in [0.29, 0.717) is 30.9 Å². The number of halogens is 2. The number of urea groups is 1. The highest BCUT2D eigenvalue weighted by Gasteiger charge is 2.26. The molecule has 1 saturated heterocycles. The van der Waals surface area contributed by atoms with Gasteiger partial charge in [-0.25, -0.2) is 4.79 Å². The molecule has 2 aromatic rings. The molecule has 1 aromatic heterocycles. The molecule has 0 radical (unpaired) electrons. The Labute approximate surface area is 143 Å². The van der Waals surface area contributed by atoms with Crippen LogP contribution in [0.15, 0.2) is 48.8 Å². The summed E-state index contributed by atoms with van der Waals surface area (Å²) in [6.07, 6.45) is 3.90. The lowest BCUT2D eigenvalue weighted by Gasteiger charge is -2.22. The molecule has 2 heterocycles. The summed E-state index contributed by atoms with van der Waals surface area (Å²) in [7, 11) is 0. The van der Waals surface area contributed by atoms with Crippen molar-refractivity contribution in [2.24, 2.45) is 0 Å².